The van der Waals surface area contributed by atoms with Crippen LogP contribution in [-0.2, 0) is 21.0 Å². The number of ketones is 1. The zero-order chi connectivity index (χ0) is 13.7. The summed E-state index contributed by atoms with van der Waals surface area (Å²) in [4.78, 5) is 26.3. The van der Waals surface area contributed by atoms with Gasteiger partial charge in [-0.25, -0.2) is 4.79 Å². The summed E-state index contributed by atoms with van der Waals surface area (Å²) in [6.07, 6.45) is 0. The van der Waals surface area contributed by atoms with Crippen LogP contribution in [0.5, 0.6) is 0 Å². The summed E-state index contributed by atoms with van der Waals surface area (Å²) in [5.41, 5.74) is -0.212. The smallest absolute Gasteiger partial charge is 0.361 e. The third-order valence-corrected chi connectivity index (χ3v) is 2.67. The van der Waals surface area contributed by atoms with Gasteiger partial charge in [0.15, 0.2) is 5.78 Å². The molecular weight excluding hydrogens is 281 g/mol. The van der Waals surface area contributed by atoms with Crippen LogP contribution in [0, 0.1) is 0 Å². The average molecular weight is 290 g/mol. The Hall–Kier alpha value is -1.59. The number of Topliss-reactive ketones (excluding diaryl/α,β-unsaturated/α-hetero) is 1. The molecular formula is C11H9Cl2NO4. The van der Waals surface area contributed by atoms with E-state index in [9.17, 15) is 9.59 Å². The number of rotatable bonds is 5. The Morgan fingerprint density at radius 2 is 1.89 bits per heavy atom. The molecule has 0 aliphatic carbocycles. The number of aliphatic carboxylic acids is 1. The number of benzene rings is 1. The Kier molecular flexibility index (Phi) is 5.12. The lowest BCUT2D eigenvalue weighted by Gasteiger charge is -2.05. The zero-order valence-electron chi connectivity index (χ0n) is 9.31. The summed E-state index contributed by atoms with van der Waals surface area (Å²) in [5, 5.41) is 12.7. The summed E-state index contributed by atoms with van der Waals surface area (Å²) in [7, 11) is 0. The van der Waals surface area contributed by atoms with Crippen molar-refractivity contribution < 1.29 is 19.5 Å². The molecule has 0 aliphatic heterocycles. The predicted molar refractivity (Wildman–Crippen MR) is 67.0 cm³/mol. The third kappa shape index (κ3) is 3.72. The van der Waals surface area contributed by atoms with Gasteiger partial charge in [-0.3, -0.25) is 4.79 Å². The second kappa shape index (κ2) is 6.37. The molecule has 7 heteroatoms. The Labute approximate surface area is 113 Å². The minimum absolute atomic E-state index is 0.122. The van der Waals surface area contributed by atoms with Crippen molar-refractivity contribution in [2.45, 2.75) is 13.5 Å². The van der Waals surface area contributed by atoms with Gasteiger partial charge in [-0.2, -0.15) is 0 Å². The zero-order valence-corrected chi connectivity index (χ0v) is 10.8. The summed E-state index contributed by atoms with van der Waals surface area (Å²) >= 11 is 11.7. The molecule has 0 atom stereocenters. The molecule has 0 spiro atoms. The summed E-state index contributed by atoms with van der Waals surface area (Å²) in [5.74, 6) is -2.15. The molecule has 1 rings (SSSR count). The number of hydrogen-bond donors (Lipinski definition) is 1. The Morgan fingerprint density at radius 3 is 2.33 bits per heavy atom. The largest absolute Gasteiger partial charge is 0.476 e. The van der Waals surface area contributed by atoms with E-state index in [1.165, 1.54) is 0 Å². The first-order valence-corrected chi connectivity index (χ1v) is 5.56. The van der Waals surface area contributed by atoms with Crippen LogP contribution in [0.2, 0.25) is 10.0 Å². The normalized spacial score (nSPS) is 11.2. The van der Waals surface area contributed by atoms with E-state index in [2.05, 4.69) is 5.16 Å². The van der Waals surface area contributed by atoms with Gasteiger partial charge in [0.25, 0.3) is 0 Å². The van der Waals surface area contributed by atoms with E-state index < -0.39 is 17.5 Å². The van der Waals surface area contributed by atoms with E-state index in [4.69, 9.17) is 33.1 Å². The molecule has 0 saturated heterocycles. The van der Waals surface area contributed by atoms with Crippen molar-refractivity contribution in [3.8, 4) is 0 Å². The standard InChI is InChI=1S/C11H9Cl2NO4/c1-6(15)10(11(16)17)14-18-5-7-8(12)3-2-4-9(7)13/h2-4H,5H2,1H3,(H,16,17)/b14-10+. The molecule has 0 fully saturated rings. The van der Waals surface area contributed by atoms with Gasteiger partial charge in [0.05, 0.1) is 0 Å². The SMILES string of the molecule is CC(=O)/C(=N\OCc1c(Cl)cccc1Cl)C(=O)O. The first-order chi connectivity index (χ1) is 8.43. The number of oxime groups is 1. The highest BCUT2D eigenvalue weighted by atomic mass is 35.5. The first kappa shape index (κ1) is 14.5. The molecule has 0 amide bonds. The third-order valence-electron chi connectivity index (χ3n) is 1.96. The van der Waals surface area contributed by atoms with Gasteiger partial charge >= 0.3 is 5.97 Å². The maximum atomic E-state index is 10.9. The molecule has 1 aromatic rings. The second-order valence-electron chi connectivity index (χ2n) is 3.27. The van der Waals surface area contributed by atoms with Gasteiger partial charge in [-0.1, -0.05) is 34.4 Å². The van der Waals surface area contributed by atoms with E-state index in [0.29, 0.717) is 15.6 Å². The van der Waals surface area contributed by atoms with Gasteiger partial charge in [-0.05, 0) is 12.1 Å². The lowest BCUT2D eigenvalue weighted by molar-refractivity contribution is -0.130. The molecule has 5 nitrogen and oxygen atoms in total. The highest BCUT2D eigenvalue weighted by molar-refractivity contribution is 6.63. The molecule has 0 aromatic heterocycles. The highest BCUT2D eigenvalue weighted by Gasteiger charge is 2.16. The van der Waals surface area contributed by atoms with E-state index in [0.717, 1.165) is 6.92 Å². The second-order valence-corrected chi connectivity index (χ2v) is 4.09. The van der Waals surface area contributed by atoms with Gasteiger partial charge in [0.2, 0.25) is 5.71 Å². The van der Waals surface area contributed by atoms with Crippen molar-refractivity contribution in [2.24, 2.45) is 5.16 Å². The number of halogens is 2. The van der Waals surface area contributed by atoms with Crippen molar-refractivity contribution in [3.63, 3.8) is 0 Å². The lowest BCUT2D eigenvalue weighted by atomic mass is 10.2. The Morgan fingerprint density at radius 1 is 1.33 bits per heavy atom. The van der Waals surface area contributed by atoms with Crippen molar-refractivity contribution in [3.05, 3.63) is 33.8 Å². The number of nitrogens with zero attached hydrogens (tertiary/aromatic N) is 1. The lowest BCUT2D eigenvalue weighted by Crippen LogP contribution is -2.21. The van der Waals surface area contributed by atoms with E-state index in [-0.39, 0.29) is 6.61 Å². The van der Waals surface area contributed by atoms with Gasteiger partial charge in [0.1, 0.15) is 6.61 Å². The monoisotopic (exact) mass is 289 g/mol. The summed E-state index contributed by atoms with van der Waals surface area (Å²) in [6.45, 7) is 0.960. The van der Waals surface area contributed by atoms with Gasteiger partial charge in [-0.15, -0.1) is 0 Å². The van der Waals surface area contributed by atoms with Gasteiger partial charge < -0.3 is 9.94 Å². The molecule has 96 valence electrons. The summed E-state index contributed by atoms with van der Waals surface area (Å²) < 4.78 is 0. The van der Waals surface area contributed by atoms with Crippen LogP contribution in [0.3, 0.4) is 0 Å². The van der Waals surface area contributed by atoms with Crippen LogP contribution >= 0.6 is 23.2 Å². The van der Waals surface area contributed by atoms with Crippen LogP contribution in [0.15, 0.2) is 23.4 Å². The fourth-order valence-corrected chi connectivity index (χ4v) is 1.59. The molecule has 0 saturated carbocycles. The van der Waals surface area contributed by atoms with Crippen LogP contribution in [0.1, 0.15) is 12.5 Å². The molecule has 1 aromatic carbocycles. The number of carbonyl (C=O) groups is 2. The molecule has 18 heavy (non-hydrogen) atoms. The van der Waals surface area contributed by atoms with Crippen molar-refractivity contribution >= 4 is 40.7 Å². The van der Waals surface area contributed by atoms with Crippen LogP contribution < -0.4 is 0 Å². The molecule has 1 N–H and O–H groups in total. The number of carbonyl (C=O) groups excluding carboxylic acids is 1. The van der Waals surface area contributed by atoms with Crippen molar-refractivity contribution in [1.29, 1.82) is 0 Å². The number of carboxylic acids is 1. The molecule has 0 heterocycles. The fourth-order valence-electron chi connectivity index (χ4n) is 1.09. The number of hydrogen-bond acceptors (Lipinski definition) is 4. The topological polar surface area (TPSA) is 76.0 Å². The Bertz CT molecular complexity index is 478. The van der Waals surface area contributed by atoms with Crippen molar-refractivity contribution in [2.75, 3.05) is 0 Å². The van der Waals surface area contributed by atoms with Crippen molar-refractivity contribution in [1.82, 2.24) is 0 Å². The van der Waals surface area contributed by atoms with E-state index in [1.807, 2.05) is 0 Å². The van der Waals surface area contributed by atoms with Crippen LogP contribution in [0.4, 0.5) is 0 Å². The van der Waals surface area contributed by atoms with E-state index in [1.54, 1.807) is 18.2 Å². The predicted octanol–water partition coefficient (Wildman–Crippen LogP) is 2.54. The van der Waals surface area contributed by atoms with Gasteiger partial charge in [0, 0.05) is 22.5 Å². The maximum absolute atomic E-state index is 10.9. The quantitative estimate of drug-likeness (QED) is 0.513. The Balaban J connectivity index is 2.80. The average Bonchev–Trinajstić information content (AvgIpc) is 2.26. The number of carboxylic acid groups (broad SMARTS) is 1. The van der Waals surface area contributed by atoms with E-state index >= 15 is 0 Å². The van der Waals surface area contributed by atoms with Crippen LogP contribution in [-0.4, -0.2) is 22.6 Å². The molecule has 0 radical (unpaired) electrons. The first-order valence-electron chi connectivity index (χ1n) is 4.80. The summed E-state index contributed by atoms with van der Waals surface area (Å²) in [6, 6.07) is 4.88. The maximum Gasteiger partial charge on any atom is 0.361 e. The minimum atomic E-state index is -1.45. The molecule has 0 aliphatic rings. The fraction of sp³-hybridized carbons (Fsp3) is 0.182. The minimum Gasteiger partial charge on any atom is -0.476 e. The van der Waals surface area contributed by atoms with Crippen LogP contribution in [0.25, 0.3) is 0 Å². The molecule has 0 bridgehead atoms. The molecule has 0 unspecified atom stereocenters. The highest BCUT2D eigenvalue weighted by Crippen LogP contribution is 2.24.